The van der Waals surface area contributed by atoms with Crippen molar-refractivity contribution in [2.75, 3.05) is 38.7 Å². The maximum absolute atomic E-state index is 12.4. The van der Waals surface area contributed by atoms with Gasteiger partial charge in [-0.05, 0) is 29.8 Å². The van der Waals surface area contributed by atoms with E-state index in [-0.39, 0.29) is 5.91 Å². The van der Waals surface area contributed by atoms with E-state index in [4.69, 9.17) is 32.7 Å². The second-order valence-electron chi connectivity index (χ2n) is 6.01. The molecule has 1 fully saturated rings. The highest BCUT2D eigenvalue weighted by Crippen LogP contribution is 2.34. The quantitative estimate of drug-likeness (QED) is 0.829. The van der Waals surface area contributed by atoms with E-state index in [2.05, 4.69) is 10.2 Å². The Balaban J connectivity index is 1.64. The third-order valence-corrected chi connectivity index (χ3v) is 4.75. The Labute approximate surface area is 162 Å². The number of benzene rings is 2. The van der Waals surface area contributed by atoms with Gasteiger partial charge in [0.05, 0.1) is 30.4 Å². The predicted molar refractivity (Wildman–Crippen MR) is 104 cm³/mol. The van der Waals surface area contributed by atoms with Gasteiger partial charge in [0.1, 0.15) is 0 Å². The number of hydrogen-bond acceptors (Lipinski definition) is 4. The molecule has 1 heterocycles. The lowest BCUT2D eigenvalue weighted by atomic mass is 10.1. The Morgan fingerprint density at radius 3 is 2.35 bits per heavy atom. The summed E-state index contributed by atoms with van der Waals surface area (Å²) in [6, 6.07) is 10.9. The number of nitrogens with zero attached hydrogens (tertiary/aromatic N) is 1. The van der Waals surface area contributed by atoms with E-state index >= 15 is 0 Å². The minimum atomic E-state index is -0.280. The zero-order valence-electron chi connectivity index (χ0n) is 14.4. The van der Waals surface area contributed by atoms with E-state index in [0.717, 1.165) is 32.8 Å². The van der Waals surface area contributed by atoms with Crippen LogP contribution in [-0.4, -0.2) is 44.2 Å². The highest BCUT2D eigenvalue weighted by atomic mass is 35.5. The molecule has 1 aliphatic heterocycles. The minimum absolute atomic E-state index is 0.280. The van der Waals surface area contributed by atoms with E-state index in [1.165, 1.54) is 24.8 Å². The lowest BCUT2D eigenvalue weighted by Crippen LogP contribution is -2.35. The van der Waals surface area contributed by atoms with Crippen LogP contribution in [0, 0.1) is 0 Å². The third-order valence-electron chi connectivity index (χ3n) is 4.19. The fourth-order valence-electron chi connectivity index (χ4n) is 2.80. The van der Waals surface area contributed by atoms with Gasteiger partial charge in [-0.3, -0.25) is 9.69 Å². The molecule has 1 amide bonds. The number of methoxy groups -OCH3 is 1. The molecule has 0 unspecified atom stereocenters. The molecule has 0 spiro atoms. The molecule has 1 aliphatic rings. The largest absolute Gasteiger partial charge is 0.494 e. The standard InChI is InChI=1S/C19H20Cl2N2O3/c1-25-18-16(20)10-14(11-17(18)21)19(24)22-15-4-2-13(3-5-15)12-23-6-8-26-9-7-23/h2-5,10-11H,6-9,12H2,1H3,(H,22,24). The molecule has 2 aromatic carbocycles. The number of ether oxygens (including phenoxy) is 2. The first-order valence-corrected chi connectivity index (χ1v) is 9.06. The molecule has 0 aliphatic carbocycles. The zero-order valence-corrected chi connectivity index (χ0v) is 15.9. The van der Waals surface area contributed by atoms with Crippen molar-refractivity contribution in [2.45, 2.75) is 6.54 Å². The van der Waals surface area contributed by atoms with Gasteiger partial charge in [0.2, 0.25) is 0 Å². The molecule has 0 radical (unpaired) electrons. The molecule has 0 atom stereocenters. The Morgan fingerprint density at radius 1 is 1.15 bits per heavy atom. The average molecular weight is 395 g/mol. The Morgan fingerprint density at radius 2 is 1.77 bits per heavy atom. The number of anilines is 1. The summed E-state index contributed by atoms with van der Waals surface area (Å²) in [4.78, 5) is 14.8. The molecule has 138 valence electrons. The number of rotatable bonds is 5. The maximum Gasteiger partial charge on any atom is 0.255 e. The molecule has 0 bridgehead atoms. The van der Waals surface area contributed by atoms with Gasteiger partial charge < -0.3 is 14.8 Å². The molecule has 0 aromatic heterocycles. The van der Waals surface area contributed by atoms with E-state index in [1.807, 2.05) is 24.3 Å². The molecule has 1 N–H and O–H groups in total. The zero-order chi connectivity index (χ0) is 18.5. The lowest BCUT2D eigenvalue weighted by Gasteiger charge is -2.26. The molecule has 3 rings (SSSR count). The SMILES string of the molecule is COc1c(Cl)cc(C(=O)Nc2ccc(CN3CCOCC3)cc2)cc1Cl. The highest BCUT2D eigenvalue weighted by Gasteiger charge is 2.14. The van der Waals surface area contributed by atoms with Crippen LogP contribution in [0.25, 0.3) is 0 Å². The smallest absolute Gasteiger partial charge is 0.255 e. The van der Waals surface area contributed by atoms with Crippen LogP contribution < -0.4 is 10.1 Å². The van der Waals surface area contributed by atoms with Crippen LogP contribution in [0.2, 0.25) is 10.0 Å². The first kappa shape index (κ1) is 19.0. The first-order chi connectivity index (χ1) is 12.6. The summed E-state index contributed by atoms with van der Waals surface area (Å²) >= 11 is 12.2. The van der Waals surface area contributed by atoms with Crippen LogP contribution in [0.1, 0.15) is 15.9 Å². The third kappa shape index (κ3) is 4.68. The second-order valence-corrected chi connectivity index (χ2v) is 6.83. The van der Waals surface area contributed by atoms with Crippen molar-refractivity contribution >= 4 is 34.8 Å². The maximum atomic E-state index is 12.4. The van der Waals surface area contributed by atoms with Crippen molar-refractivity contribution in [3.63, 3.8) is 0 Å². The van der Waals surface area contributed by atoms with Crippen LogP contribution >= 0.6 is 23.2 Å². The number of amides is 1. The number of carbonyl (C=O) groups is 1. The van der Waals surface area contributed by atoms with Crippen LogP contribution in [0.4, 0.5) is 5.69 Å². The summed E-state index contributed by atoms with van der Waals surface area (Å²) in [7, 11) is 1.48. The van der Waals surface area contributed by atoms with Crippen LogP contribution in [0.15, 0.2) is 36.4 Å². The summed E-state index contributed by atoms with van der Waals surface area (Å²) in [6.45, 7) is 4.32. The van der Waals surface area contributed by atoms with E-state index < -0.39 is 0 Å². The van der Waals surface area contributed by atoms with Gasteiger partial charge in [0, 0.05) is 30.9 Å². The summed E-state index contributed by atoms with van der Waals surface area (Å²) < 4.78 is 10.5. The summed E-state index contributed by atoms with van der Waals surface area (Å²) in [5, 5.41) is 3.44. The van der Waals surface area contributed by atoms with E-state index in [0.29, 0.717) is 27.0 Å². The average Bonchev–Trinajstić information content (AvgIpc) is 2.64. The highest BCUT2D eigenvalue weighted by molar-refractivity contribution is 6.37. The normalized spacial score (nSPS) is 14.9. The van der Waals surface area contributed by atoms with Crippen molar-refractivity contribution in [2.24, 2.45) is 0 Å². The molecule has 7 heteroatoms. The molecule has 1 saturated heterocycles. The van der Waals surface area contributed by atoms with Gasteiger partial charge in [-0.25, -0.2) is 0 Å². The van der Waals surface area contributed by atoms with Crippen molar-refractivity contribution in [3.05, 3.63) is 57.6 Å². The fourth-order valence-corrected chi connectivity index (χ4v) is 3.44. The van der Waals surface area contributed by atoms with Gasteiger partial charge >= 0.3 is 0 Å². The number of carbonyl (C=O) groups excluding carboxylic acids is 1. The van der Waals surface area contributed by atoms with Gasteiger partial charge in [-0.15, -0.1) is 0 Å². The number of morpholine rings is 1. The molecular weight excluding hydrogens is 375 g/mol. The van der Waals surface area contributed by atoms with E-state index in [9.17, 15) is 4.79 Å². The van der Waals surface area contributed by atoms with Crippen molar-refractivity contribution in [3.8, 4) is 5.75 Å². The van der Waals surface area contributed by atoms with Crippen molar-refractivity contribution < 1.29 is 14.3 Å². The van der Waals surface area contributed by atoms with Crippen molar-refractivity contribution in [1.82, 2.24) is 4.90 Å². The second kappa shape index (κ2) is 8.73. The Hall–Kier alpha value is -1.79. The lowest BCUT2D eigenvalue weighted by molar-refractivity contribution is 0.0342. The number of halogens is 2. The van der Waals surface area contributed by atoms with Crippen LogP contribution in [-0.2, 0) is 11.3 Å². The predicted octanol–water partition coefficient (Wildman–Crippen LogP) is 4.09. The summed E-state index contributed by atoms with van der Waals surface area (Å²) in [5.74, 6) is 0.0785. The van der Waals surface area contributed by atoms with Crippen molar-refractivity contribution in [1.29, 1.82) is 0 Å². The number of nitrogens with one attached hydrogen (secondary N) is 1. The van der Waals surface area contributed by atoms with Gasteiger partial charge in [-0.2, -0.15) is 0 Å². The van der Waals surface area contributed by atoms with Crippen LogP contribution in [0.3, 0.4) is 0 Å². The molecule has 0 saturated carbocycles. The van der Waals surface area contributed by atoms with E-state index in [1.54, 1.807) is 0 Å². The summed E-state index contributed by atoms with van der Waals surface area (Å²) in [6.07, 6.45) is 0. The Bertz CT molecular complexity index is 752. The van der Waals surface area contributed by atoms with Gasteiger partial charge in [-0.1, -0.05) is 35.3 Å². The molecule has 26 heavy (non-hydrogen) atoms. The topological polar surface area (TPSA) is 50.8 Å². The number of hydrogen-bond donors (Lipinski definition) is 1. The minimum Gasteiger partial charge on any atom is -0.494 e. The van der Waals surface area contributed by atoms with Gasteiger partial charge in [0.15, 0.2) is 5.75 Å². The summed E-state index contributed by atoms with van der Waals surface area (Å²) in [5.41, 5.74) is 2.28. The Kier molecular flexibility index (Phi) is 6.38. The van der Waals surface area contributed by atoms with Crippen LogP contribution in [0.5, 0.6) is 5.75 Å². The van der Waals surface area contributed by atoms with Gasteiger partial charge in [0.25, 0.3) is 5.91 Å². The molecule has 5 nitrogen and oxygen atoms in total. The monoisotopic (exact) mass is 394 g/mol. The molecular formula is C19H20Cl2N2O3. The fraction of sp³-hybridized carbons (Fsp3) is 0.316. The first-order valence-electron chi connectivity index (χ1n) is 8.30. The molecule has 2 aromatic rings.